The maximum atomic E-state index is 12.1. The first-order chi connectivity index (χ1) is 12.1. The highest BCUT2D eigenvalue weighted by molar-refractivity contribution is 6.16. The molecule has 25 heavy (non-hydrogen) atoms. The van der Waals surface area contributed by atoms with Gasteiger partial charge < -0.3 is 15.2 Å². The monoisotopic (exact) mass is 337 g/mol. The molecule has 0 radical (unpaired) electrons. The summed E-state index contributed by atoms with van der Waals surface area (Å²) in [5.74, 6) is -0.530. The molecule has 0 aliphatic carbocycles. The standard InChI is InChI=1S/C18H15N3O4/c1-25-12-8-6-11(7-9-12)10-15-16(22)21-18(20-15)19-14-5-3-2-4-13(14)17(23)24/h2-10H,1H3,(H,23,24)(H2,19,20,21,22)/b15-10-. The zero-order chi connectivity index (χ0) is 17.8. The van der Waals surface area contributed by atoms with Crippen LogP contribution < -0.4 is 15.4 Å². The molecule has 0 spiro atoms. The van der Waals surface area contributed by atoms with Crippen LogP contribution in [0.25, 0.3) is 6.08 Å². The second-order valence-electron chi connectivity index (χ2n) is 5.19. The van der Waals surface area contributed by atoms with E-state index in [2.05, 4.69) is 15.6 Å². The molecule has 2 aromatic rings. The first-order valence-corrected chi connectivity index (χ1v) is 7.42. The van der Waals surface area contributed by atoms with Crippen LogP contribution in [0.1, 0.15) is 15.9 Å². The summed E-state index contributed by atoms with van der Waals surface area (Å²) in [6.45, 7) is 0. The van der Waals surface area contributed by atoms with Gasteiger partial charge in [0.2, 0.25) is 5.96 Å². The molecular weight excluding hydrogens is 322 g/mol. The highest BCUT2D eigenvalue weighted by Crippen LogP contribution is 2.19. The summed E-state index contributed by atoms with van der Waals surface area (Å²) in [6, 6.07) is 13.5. The highest BCUT2D eigenvalue weighted by atomic mass is 16.5. The molecule has 1 aliphatic heterocycles. The van der Waals surface area contributed by atoms with Gasteiger partial charge in [-0.3, -0.25) is 10.1 Å². The minimum absolute atomic E-state index is 0.0543. The highest BCUT2D eigenvalue weighted by Gasteiger charge is 2.22. The van der Waals surface area contributed by atoms with E-state index >= 15 is 0 Å². The number of hydrogen-bond acceptors (Lipinski definition) is 4. The van der Waals surface area contributed by atoms with Crippen LogP contribution in [0.15, 0.2) is 59.2 Å². The third kappa shape index (κ3) is 3.66. The predicted octanol–water partition coefficient (Wildman–Crippen LogP) is 2.14. The van der Waals surface area contributed by atoms with E-state index in [4.69, 9.17) is 4.74 Å². The molecule has 1 amide bonds. The van der Waals surface area contributed by atoms with Gasteiger partial charge in [0, 0.05) is 0 Å². The maximum Gasteiger partial charge on any atom is 0.337 e. The summed E-state index contributed by atoms with van der Waals surface area (Å²) >= 11 is 0. The molecule has 0 atom stereocenters. The van der Waals surface area contributed by atoms with E-state index in [0.717, 1.165) is 11.3 Å². The van der Waals surface area contributed by atoms with E-state index < -0.39 is 5.97 Å². The third-order valence-corrected chi connectivity index (χ3v) is 3.52. The topological polar surface area (TPSA) is 100 Å². The number of nitrogens with one attached hydrogen (secondary N) is 2. The molecule has 1 fully saturated rings. The van der Waals surface area contributed by atoms with Crippen LogP contribution in [0, 0.1) is 0 Å². The Morgan fingerprint density at radius 1 is 1.12 bits per heavy atom. The quantitative estimate of drug-likeness (QED) is 0.742. The summed E-state index contributed by atoms with van der Waals surface area (Å²) in [7, 11) is 1.58. The Kier molecular flexibility index (Phi) is 4.47. The van der Waals surface area contributed by atoms with Crippen molar-refractivity contribution in [2.24, 2.45) is 4.99 Å². The van der Waals surface area contributed by atoms with E-state index in [1.807, 2.05) is 12.1 Å². The lowest BCUT2D eigenvalue weighted by molar-refractivity contribution is -0.115. The van der Waals surface area contributed by atoms with Gasteiger partial charge >= 0.3 is 5.97 Å². The van der Waals surface area contributed by atoms with E-state index in [0.29, 0.717) is 5.70 Å². The third-order valence-electron chi connectivity index (χ3n) is 3.52. The number of aliphatic imine (C=N–C) groups is 1. The van der Waals surface area contributed by atoms with Crippen LogP contribution in [-0.2, 0) is 4.79 Å². The molecule has 0 aromatic heterocycles. The molecule has 7 heteroatoms. The first kappa shape index (κ1) is 16.3. The number of carbonyl (C=O) groups is 2. The molecule has 0 unspecified atom stereocenters. The number of aromatic carboxylic acids is 1. The van der Waals surface area contributed by atoms with Crippen LogP contribution in [-0.4, -0.2) is 30.1 Å². The van der Waals surface area contributed by atoms with Crippen molar-refractivity contribution in [1.82, 2.24) is 10.6 Å². The van der Waals surface area contributed by atoms with Gasteiger partial charge in [-0.1, -0.05) is 24.3 Å². The van der Waals surface area contributed by atoms with Crippen molar-refractivity contribution in [3.63, 3.8) is 0 Å². The number of benzene rings is 2. The van der Waals surface area contributed by atoms with Gasteiger partial charge in [0.15, 0.2) is 0 Å². The van der Waals surface area contributed by atoms with Crippen LogP contribution in [0.3, 0.4) is 0 Å². The number of methoxy groups -OCH3 is 1. The largest absolute Gasteiger partial charge is 0.497 e. The number of para-hydroxylation sites is 1. The molecule has 7 nitrogen and oxygen atoms in total. The first-order valence-electron chi connectivity index (χ1n) is 7.42. The fourth-order valence-corrected chi connectivity index (χ4v) is 2.29. The van der Waals surface area contributed by atoms with E-state index in [9.17, 15) is 14.7 Å². The van der Waals surface area contributed by atoms with E-state index in [1.54, 1.807) is 43.5 Å². The lowest BCUT2D eigenvalue weighted by Gasteiger charge is -2.02. The average Bonchev–Trinajstić information content (AvgIpc) is 2.95. The molecule has 3 rings (SSSR count). The second kappa shape index (κ2) is 6.88. The second-order valence-corrected chi connectivity index (χ2v) is 5.19. The van der Waals surface area contributed by atoms with Gasteiger partial charge in [-0.25, -0.2) is 9.79 Å². The SMILES string of the molecule is COc1ccc(/C=C2\NC(=Nc3ccccc3C(=O)O)NC2=O)cc1. The fraction of sp³-hybridized carbons (Fsp3) is 0.0556. The van der Waals surface area contributed by atoms with Crippen LogP contribution in [0.4, 0.5) is 5.69 Å². The fourth-order valence-electron chi connectivity index (χ4n) is 2.29. The van der Waals surface area contributed by atoms with Crippen molar-refractivity contribution in [2.75, 3.05) is 7.11 Å². The van der Waals surface area contributed by atoms with Crippen LogP contribution in [0.2, 0.25) is 0 Å². The molecular formula is C18H15N3O4. The summed E-state index contributed by atoms with van der Waals surface area (Å²) in [6.07, 6.45) is 1.67. The number of carboxylic acids is 1. The van der Waals surface area contributed by atoms with Crippen LogP contribution in [0.5, 0.6) is 5.75 Å². The molecule has 3 N–H and O–H groups in total. The average molecular weight is 337 g/mol. The molecule has 126 valence electrons. The number of nitrogens with zero attached hydrogens (tertiary/aromatic N) is 1. The van der Waals surface area contributed by atoms with Crippen molar-refractivity contribution in [3.05, 3.63) is 65.4 Å². The number of rotatable bonds is 4. The number of ether oxygens (including phenoxy) is 1. The predicted molar refractivity (Wildman–Crippen MR) is 92.7 cm³/mol. The number of amides is 1. The lowest BCUT2D eigenvalue weighted by atomic mass is 10.2. The van der Waals surface area contributed by atoms with Crippen molar-refractivity contribution in [3.8, 4) is 5.75 Å². The number of carbonyl (C=O) groups excluding carboxylic acids is 1. The molecule has 1 aliphatic rings. The summed E-state index contributed by atoms with van der Waals surface area (Å²) in [5.41, 5.74) is 1.43. The maximum absolute atomic E-state index is 12.1. The number of hydrogen-bond donors (Lipinski definition) is 3. The van der Waals surface area contributed by atoms with Crippen molar-refractivity contribution < 1.29 is 19.4 Å². The summed E-state index contributed by atoms with van der Waals surface area (Å²) in [5, 5.41) is 14.6. The van der Waals surface area contributed by atoms with Gasteiger partial charge in [-0.15, -0.1) is 0 Å². The smallest absolute Gasteiger partial charge is 0.337 e. The van der Waals surface area contributed by atoms with Gasteiger partial charge in [-0.05, 0) is 35.9 Å². The normalized spacial score (nSPS) is 16.6. The Bertz CT molecular complexity index is 885. The zero-order valence-corrected chi connectivity index (χ0v) is 13.3. The van der Waals surface area contributed by atoms with E-state index in [1.165, 1.54) is 6.07 Å². The minimum Gasteiger partial charge on any atom is -0.497 e. The summed E-state index contributed by atoms with van der Waals surface area (Å²) < 4.78 is 5.09. The lowest BCUT2D eigenvalue weighted by Crippen LogP contribution is -2.24. The number of carboxylic acid groups (broad SMARTS) is 1. The Balaban J connectivity index is 1.85. The Morgan fingerprint density at radius 3 is 2.52 bits per heavy atom. The molecule has 1 saturated heterocycles. The molecule has 2 aromatic carbocycles. The molecule has 1 heterocycles. The van der Waals surface area contributed by atoms with E-state index in [-0.39, 0.29) is 23.1 Å². The van der Waals surface area contributed by atoms with Crippen molar-refractivity contribution >= 4 is 29.6 Å². The summed E-state index contributed by atoms with van der Waals surface area (Å²) in [4.78, 5) is 27.5. The Labute approximate surface area is 143 Å². The van der Waals surface area contributed by atoms with Gasteiger partial charge in [-0.2, -0.15) is 0 Å². The van der Waals surface area contributed by atoms with Crippen molar-refractivity contribution in [2.45, 2.75) is 0 Å². The van der Waals surface area contributed by atoms with Crippen LogP contribution >= 0.6 is 0 Å². The van der Waals surface area contributed by atoms with Gasteiger partial charge in [0.1, 0.15) is 11.4 Å². The Hall–Kier alpha value is -3.61. The van der Waals surface area contributed by atoms with Gasteiger partial charge in [0.05, 0.1) is 18.4 Å². The number of guanidine groups is 1. The Morgan fingerprint density at radius 2 is 1.84 bits per heavy atom. The molecule has 0 saturated carbocycles. The van der Waals surface area contributed by atoms with Crippen molar-refractivity contribution in [1.29, 1.82) is 0 Å². The molecule has 0 bridgehead atoms. The zero-order valence-electron chi connectivity index (χ0n) is 13.3. The van der Waals surface area contributed by atoms with Gasteiger partial charge in [0.25, 0.3) is 5.91 Å². The minimum atomic E-state index is -1.08.